The van der Waals surface area contributed by atoms with Crippen LogP contribution in [0.5, 0.6) is 0 Å². The molecule has 1 aromatic carbocycles. The molecule has 0 spiro atoms. The third-order valence-corrected chi connectivity index (χ3v) is 3.93. The number of rotatable bonds is 7. The third-order valence-electron chi connectivity index (χ3n) is 3.93. The first kappa shape index (κ1) is 23.2. The van der Waals surface area contributed by atoms with Gasteiger partial charge in [-0.1, -0.05) is 26.0 Å². The zero-order valence-corrected chi connectivity index (χ0v) is 14.9. The Hall–Kier alpha value is -1.80. The molecule has 0 radical (unpaired) electrons. The maximum Gasteiger partial charge on any atom is 0.417 e. The number of carbonyl (C=O) groups is 2. The molecular formula is C16H23ClF3N3O2. The largest absolute Gasteiger partial charge is 0.417 e. The lowest BCUT2D eigenvalue weighted by molar-refractivity contribution is -0.137. The summed E-state index contributed by atoms with van der Waals surface area (Å²) < 4.78 is 38.6. The first-order valence-electron chi connectivity index (χ1n) is 7.63. The molecule has 0 aliphatic heterocycles. The van der Waals surface area contributed by atoms with Gasteiger partial charge in [0.15, 0.2) is 0 Å². The van der Waals surface area contributed by atoms with Crippen LogP contribution < -0.4 is 16.4 Å². The molecule has 1 aromatic rings. The van der Waals surface area contributed by atoms with E-state index in [1.54, 1.807) is 0 Å². The number of nitrogens with one attached hydrogen (secondary N) is 2. The van der Waals surface area contributed by atoms with Crippen LogP contribution in [0.1, 0.15) is 42.6 Å². The lowest BCUT2D eigenvalue weighted by Gasteiger charge is -2.26. The van der Waals surface area contributed by atoms with Gasteiger partial charge in [0.1, 0.15) is 0 Å². The molecule has 0 heterocycles. The highest BCUT2D eigenvalue weighted by Gasteiger charge is 2.34. The number of nitrogens with two attached hydrogens (primary N) is 1. The average Bonchev–Trinajstić information content (AvgIpc) is 2.56. The molecule has 2 amide bonds. The fourth-order valence-corrected chi connectivity index (χ4v) is 2.02. The minimum atomic E-state index is -4.64. The van der Waals surface area contributed by atoms with Gasteiger partial charge in [-0.25, -0.2) is 0 Å². The second kappa shape index (κ2) is 9.62. The highest BCUT2D eigenvalue weighted by Crippen LogP contribution is 2.31. The molecule has 0 bridgehead atoms. The normalized spacial score (nSPS) is 11.4. The highest BCUT2D eigenvalue weighted by molar-refractivity contribution is 5.97. The lowest BCUT2D eigenvalue weighted by atomic mass is 9.94. The van der Waals surface area contributed by atoms with Crippen LogP contribution in [0.3, 0.4) is 0 Å². The number of amides is 2. The molecule has 0 saturated heterocycles. The van der Waals surface area contributed by atoms with Crippen molar-refractivity contribution in [1.82, 2.24) is 10.6 Å². The highest BCUT2D eigenvalue weighted by atomic mass is 35.5. The quantitative estimate of drug-likeness (QED) is 0.678. The summed E-state index contributed by atoms with van der Waals surface area (Å²) in [5.74, 6) is -1.47. The van der Waals surface area contributed by atoms with Crippen molar-refractivity contribution < 1.29 is 22.8 Å². The van der Waals surface area contributed by atoms with E-state index in [2.05, 4.69) is 10.6 Å². The first-order valence-corrected chi connectivity index (χ1v) is 7.63. The smallest absolute Gasteiger partial charge is 0.353 e. The number of halogens is 4. The van der Waals surface area contributed by atoms with Gasteiger partial charge < -0.3 is 16.4 Å². The van der Waals surface area contributed by atoms with Gasteiger partial charge >= 0.3 is 6.18 Å². The SMILES string of the molecule is CCC(N)(CC)CNC(=O)CNC(=O)c1ccccc1C(F)(F)F.Cl. The molecule has 9 heteroatoms. The molecule has 0 fully saturated rings. The van der Waals surface area contributed by atoms with Crippen molar-refractivity contribution in [2.45, 2.75) is 38.4 Å². The Morgan fingerprint density at radius 1 is 1.08 bits per heavy atom. The fraction of sp³-hybridized carbons (Fsp3) is 0.500. The Balaban J connectivity index is 0.00000576. The Morgan fingerprint density at radius 3 is 2.16 bits per heavy atom. The van der Waals surface area contributed by atoms with Crippen LogP contribution in [0.15, 0.2) is 24.3 Å². The van der Waals surface area contributed by atoms with Crippen molar-refractivity contribution in [3.63, 3.8) is 0 Å². The van der Waals surface area contributed by atoms with Crippen LogP contribution in [0.25, 0.3) is 0 Å². The predicted molar refractivity (Wildman–Crippen MR) is 91.5 cm³/mol. The van der Waals surface area contributed by atoms with E-state index < -0.39 is 41.2 Å². The third kappa shape index (κ3) is 6.91. The van der Waals surface area contributed by atoms with Gasteiger partial charge in [-0.3, -0.25) is 9.59 Å². The van der Waals surface area contributed by atoms with E-state index in [-0.39, 0.29) is 19.0 Å². The van der Waals surface area contributed by atoms with Gasteiger partial charge in [0, 0.05) is 12.1 Å². The zero-order chi connectivity index (χ0) is 18.4. The van der Waals surface area contributed by atoms with E-state index in [1.165, 1.54) is 12.1 Å². The minimum absolute atomic E-state index is 0. The molecule has 0 aliphatic rings. The maximum atomic E-state index is 12.9. The summed E-state index contributed by atoms with van der Waals surface area (Å²) in [5.41, 5.74) is 3.93. The molecule has 5 nitrogen and oxygen atoms in total. The summed E-state index contributed by atoms with van der Waals surface area (Å²) in [6, 6.07) is 4.41. The number of hydrogen-bond donors (Lipinski definition) is 3. The number of carbonyl (C=O) groups excluding carboxylic acids is 2. The van der Waals surface area contributed by atoms with E-state index in [1.807, 2.05) is 13.8 Å². The second-order valence-electron chi connectivity index (χ2n) is 5.57. The average molecular weight is 382 g/mol. The van der Waals surface area contributed by atoms with Crippen molar-refractivity contribution in [2.24, 2.45) is 5.73 Å². The summed E-state index contributed by atoms with van der Waals surface area (Å²) >= 11 is 0. The van der Waals surface area contributed by atoms with Gasteiger partial charge in [0.2, 0.25) is 5.91 Å². The van der Waals surface area contributed by atoms with Gasteiger partial charge in [-0.05, 0) is 25.0 Å². The van der Waals surface area contributed by atoms with Gasteiger partial charge in [0.25, 0.3) is 5.91 Å². The standard InChI is InChI=1S/C16H22F3N3O2.ClH/c1-3-15(20,4-2)10-22-13(23)9-21-14(24)11-7-5-6-8-12(11)16(17,18)19;/h5-8H,3-4,9-10,20H2,1-2H3,(H,21,24)(H,22,23);1H. The van der Waals surface area contributed by atoms with E-state index in [0.29, 0.717) is 12.8 Å². The van der Waals surface area contributed by atoms with Crippen molar-refractivity contribution >= 4 is 24.2 Å². The fourth-order valence-electron chi connectivity index (χ4n) is 2.02. The Kier molecular flexibility index (Phi) is 8.93. The summed E-state index contributed by atoms with van der Waals surface area (Å²) in [4.78, 5) is 23.6. The van der Waals surface area contributed by atoms with Gasteiger partial charge in [-0.2, -0.15) is 13.2 Å². The molecule has 0 saturated carbocycles. The van der Waals surface area contributed by atoms with Crippen LogP contribution >= 0.6 is 12.4 Å². The summed E-state index contributed by atoms with van der Waals surface area (Å²) in [7, 11) is 0. The molecule has 142 valence electrons. The molecular weight excluding hydrogens is 359 g/mol. The first-order chi connectivity index (χ1) is 11.1. The Bertz CT molecular complexity index is 590. The van der Waals surface area contributed by atoms with Crippen molar-refractivity contribution in [2.75, 3.05) is 13.1 Å². The van der Waals surface area contributed by atoms with Crippen molar-refractivity contribution in [3.05, 3.63) is 35.4 Å². The van der Waals surface area contributed by atoms with Crippen LogP contribution in [-0.4, -0.2) is 30.4 Å². The van der Waals surface area contributed by atoms with E-state index in [4.69, 9.17) is 5.73 Å². The van der Waals surface area contributed by atoms with E-state index >= 15 is 0 Å². The molecule has 0 atom stereocenters. The summed E-state index contributed by atoms with van der Waals surface area (Å²) in [6.07, 6.45) is -3.32. The van der Waals surface area contributed by atoms with Gasteiger partial charge in [0.05, 0.1) is 17.7 Å². The number of alkyl halides is 3. The molecule has 0 unspecified atom stereocenters. The predicted octanol–water partition coefficient (Wildman–Crippen LogP) is 2.49. The van der Waals surface area contributed by atoms with Gasteiger partial charge in [-0.15, -0.1) is 12.4 Å². The van der Waals surface area contributed by atoms with Crippen LogP contribution in [0, 0.1) is 0 Å². The zero-order valence-electron chi connectivity index (χ0n) is 14.1. The number of benzene rings is 1. The maximum absolute atomic E-state index is 12.9. The lowest BCUT2D eigenvalue weighted by Crippen LogP contribution is -2.50. The Labute approximate surface area is 150 Å². The van der Waals surface area contributed by atoms with Crippen molar-refractivity contribution in [3.8, 4) is 0 Å². The molecule has 4 N–H and O–H groups in total. The van der Waals surface area contributed by atoms with Crippen LogP contribution in [-0.2, 0) is 11.0 Å². The molecule has 0 aliphatic carbocycles. The van der Waals surface area contributed by atoms with Crippen LogP contribution in [0.4, 0.5) is 13.2 Å². The topological polar surface area (TPSA) is 84.2 Å². The van der Waals surface area contributed by atoms with Crippen LogP contribution in [0.2, 0.25) is 0 Å². The Morgan fingerprint density at radius 2 is 1.64 bits per heavy atom. The molecule has 1 rings (SSSR count). The number of hydrogen-bond acceptors (Lipinski definition) is 3. The summed E-state index contributed by atoms with van der Waals surface area (Å²) in [6.45, 7) is 3.60. The summed E-state index contributed by atoms with van der Waals surface area (Å²) in [5, 5.41) is 4.77. The van der Waals surface area contributed by atoms with Crippen molar-refractivity contribution in [1.29, 1.82) is 0 Å². The monoisotopic (exact) mass is 381 g/mol. The minimum Gasteiger partial charge on any atom is -0.353 e. The van der Waals surface area contributed by atoms with E-state index in [0.717, 1.165) is 12.1 Å². The van der Waals surface area contributed by atoms with E-state index in [9.17, 15) is 22.8 Å². The molecule has 0 aromatic heterocycles. The molecule has 25 heavy (non-hydrogen) atoms. The second-order valence-corrected chi connectivity index (χ2v) is 5.57.